The summed E-state index contributed by atoms with van der Waals surface area (Å²) in [5.74, 6) is -2.62. The van der Waals surface area contributed by atoms with Crippen molar-refractivity contribution in [2.75, 3.05) is 12.0 Å². The smallest absolute Gasteiger partial charge is 0.301 e. The third-order valence-corrected chi connectivity index (χ3v) is 7.85. The Morgan fingerprint density at radius 1 is 1.14 bits per heavy atom. The maximum absolute atomic E-state index is 13.9. The standard InChI is InChI=1S/C27H20BrFN2O5S/c1-12-4-5-13(2)16(8-12)23(32)21-22(14-9-17(28)24(33)19(10-14)36-3)31(26(35)25(21)34)27-30-18-7-6-15(29)11-20(18)37-27/h4-11,22,32-33H,1-3H3/b23-21+. The minimum atomic E-state index is -1.10. The van der Waals surface area contributed by atoms with Gasteiger partial charge in [0, 0.05) is 5.56 Å². The Kier molecular flexibility index (Phi) is 6.25. The largest absolute Gasteiger partial charge is 0.507 e. The van der Waals surface area contributed by atoms with Crippen LogP contribution in [-0.2, 0) is 9.59 Å². The van der Waals surface area contributed by atoms with E-state index in [0.717, 1.165) is 16.9 Å². The highest BCUT2D eigenvalue weighted by Crippen LogP contribution is 2.47. The lowest BCUT2D eigenvalue weighted by atomic mass is 9.93. The number of phenolic OH excluding ortho intramolecular Hbond substituents is 1. The summed E-state index contributed by atoms with van der Waals surface area (Å²) >= 11 is 4.35. The molecule has 0 aliphatic carbocycles. The van der Waals surface area contributed by atoms with E-state index in [1.807, 2.05) is 19.1 Å². The highest BCUT2D eigenvalue weighted by atomic mass is 79.9. The van der Waals surface area contributed by atoms with Crippen molar-refractivity contribution in [2.24, 2.45) is 0 Å². The van der Waals surface area contributed by atoms with E-state index in [9.17, 15) is 24.2 Å². The number of phenols is 1. The van der Waals surface area contributed by atoms with Crippen LogP contribution >= 0.6 is 27.3 Å². The van der Waals surface area contributed by atoms with Gasteiger partial charge in [-0.1, -0.05) is 29.0 Å². The van der Waals surface area contributed by atoms with E-state index in [1.54, 1.807) is 19.1 Å². The second-order valence-electron chi connectivity index (χ2n) is 8.65. The monoisotopic (exact) mass is 582 g/mol. The number of anilines is 1. The van der Waals surface area contributed by atoms with Crippen LogP contribution in [0.1, 0.15) is 28.3 Å². The first-order valence-corrected chi connectivity index (χ1v) is 12.7. The second kappa shape index (κ2) is 9.28. The van der Waals surface area contributed by atoms with Crippen LogP contribution < -0.4 is 9.64 Å². The van der Waals surface area contributed by atoms with Crippen molar-refractivity contribution in [2.45, 2.75) is 19.9 Å². The first-order chi connectivity index (χ1) is 17.6. The van der Waals surface area contributed by atoms with Gasteiger partial charge in [0.15, 0.2) is 16.6 Å². The van der Waals surface area contributed by atoms with E-state index in [0.29, 0.717) is 26.9 Å². The van der Waals surface area contributed by atoms with Crippen LogP contribution in [0.25, 0.3) is 16.0 Å². The van der Waals surface area contributed by atoms with E-state index in [-0.39, 0.29) is 32.4 Å². The van der Waals surface area contributed by atoms with Crippen LogP contribution in [-0.4, -0.2) is 34.0 Å². The van der Waals surface area contributed by atoms with Gasteiger partial charge < -0.3 is 14.9 Å². The van der Waals surface area contributed by atoms with Crippen molar-refractivity contribution < 1.29 is 28.9 Å². The molecule has 1 fully saturated rings. The summed E-state index contributed by atoms with van der Waals surface area (Å²) < 4.78 is 19.9. The SMILES string of the molecule is COc1cc(C2/C(=C(\O)c3cc(C)ccc3C)C(=O)C(=O)N2c2nc3ccc(F)cc3s2)cc(Br)c1O. The topological polar surface area (TPSA) is 100.0 Å². The second-order valence-corrected chi connectivity index (χ2v) is 10.5. The van der Waals surface area contributed by atoms with E-state index >= 15 is 0 Å². The van der Waals surface area contributed by atoms with Gasteiger partial charge in [-0.2, -0.15) is 0 Å². The number of nitrogens with zero attached hydrogens (tertiary/aromatic N) is 2. The molecule has 1 aromatic heterocycles. The molecule has 2 N–H and O–H groups in total. The number of hydrogen-bond acceptors (Lipinski definition) is 7. The van der Waals surface area contributed by atoms with Crippen molar-refractivity contribution in [3.05, 3.63) is 86.6 Å². The van der Waals surface area contributed by atoms with Gasteiger partial charge in [0.25, 0.3) is 5.78 Å². The molecule has 37 heavy (non-hydrogen) atoms. The van der Waals surface area contributed by atoms with E-state index in [4.69, 9.17) is 4.74 Å². The normalized spacial score (nSPS) is 17.1. The van der Waals surface area contributed by atoms with Crippen molar-refractivity contribution >= 4 is 60.1 Å². The third kappa shape index (κ3) is 4.15. The predicted octanol–water partition coefficient (Wildman–Crippen LogP) is 6.16. The fourth-order valence-electron chi connectivity index (χ4n) is 4.38. The molecule has 7 nitrogen and oxygen atoms in total. The maximum Gasteiger partial charge on any atom is 0.301 e. The highest BCUT2D eigenvalue weighted by molar-refractivity contribution is 9.10. The number of aliphatic hydroxyl groups is 1. The number of carbonyl (C=O) groups excluding carboxylic acids is 2. The zero-order valence-electron chi connectivity index (χ0n) is 19.9. The highest BCUT2D eigenvalue weighted by Gasteiger charge is 2.48. The molecule has 0 spiro atoms. The lowest BCUT2D eigenvalue weighted by Gasteiger charge is -2.24. The fourth-order valence-corrected chi connectivity index (χ4v) is 5.85. The van der Waals surface area contributed by atoms with Crippen LogP contribution in [0.2, 0.25) is 0 Å². The Bertz CT molecular complexity index is 1650. The Morgan fingerprint density at radius 2 is 1.89 bits per heavy atom. The summed E-state index contributed by atoms with van der Waals surface area (Å²) in [5, 5.41) is 22.0. The number of thiazole rings is 1. The van der Waals surface area contributed by atoms with Crippen LogP contribution in [0.15, 0.2) is 58.6 Å². The number of rotatable bonds is 4. The fraction of sp³-hybridized carbons (Fsp3) is 0.148. The van der Waals surface area contributed by atoms with Crippen molar-refractivity contribution in [3.63, 3.8) is 0 Å². The minimum Gasteiger partial charge on any atom is -0.507 e. The van der Waals surface area contributed by atoms with Crippen molar-refractivity contribution in [1.82, 2.24) is 4.98 Å². The Balaban J connectivity index is 1.80. The first kappa shape index (κ1) is 24.9. The summed E-state index contributed by atoms with van der Waals surface area (Å²) in [5.41, 5.74) is 2.70. The molecule has 4 aromatic rings. The van der Waals surface area contributed by atoms with Gasteiger partial charge in [-0.3, -0.25) is 14.5 Å². The number of Topliss-reactive ketones (excluding diaryl/α,β-unsaturated/α-hetero) is 1. The van der Waals surface area contributed by atoms with Crippen LogP contribution in [0.5, 0.6) is 11.5 Å². The quantitative estimate of drug-likeness (QED) is 0.170. The number of aromatic nitrogens is 1. The first-order valence-electron chi connectivity index (χ1n) is 11.1. The molecule has 1 aliphatic heterocycles. The van der Waals surface area contributed by atoms with Crippen LogP contribution in [0, 0.1) is 19.7 Å². The molecule has 2 heterocycles. The molecule has 1 unspecified atom stereocenters. The third-order valence-electron chi connectivity index (χ3n) is 6.22. The summed E-state index contributed by atoms with van der Waals surface area (Å²) in [6.07, 6.45) is 0. The Morgan fingerprint density at radius 3 is 2.62 bits per heavy atom. The molecule has 0 radical (unpaired) electrons. The molecular weight excluding hydrogens is 563 g/mol. The lowest BCUT2D eigenvalue weighted by molar-refractivity contribution is -0.132. The van der Waals surface area contributed by atoms with Crippen LogP contribution in [0.4, 0.5) is 9.52 Å². The number of aliphatic hydroxyl groups excluding tert-OH is 1. The van der Waals surface area contributed by atoms with Crippen molar-refractivity contribution in [3.8, 4) is 11.5 Å². The molecule has 1 saturated heterocycles. The summed E-state index contributed by atoms with van der Waals surface area (Å²) in [6.45, 7) is 3.65. The van der Waals surface area contributed by atoms with Gasteiger partial charge in [0.2, 0.25) is 0 Å². The number of ether oxygens (including phenoxy) is 1. The molecule has 3 aromatic carbocycles. The summed E-state index contributed by atoms with van der Waals surface area (Å²) in [6, 6.07) is 11.4. The number of aromatic hydroxyl groups is 1. The molecular formula is C27H20BrFN2O5S. The molecule has 188 valence electrons. The maximum atomic E-state index is 13.9. The molecule has 1 aliphatic rings. The Hall–Kier alpha value is -3.76. The van der Waals surface area contributed by atoms with E-state index in [2.05, 4.69) is 20.9 Å². The zero-order valence-corrected chi connectivity index (χ0v) is 22.3. The minimum absolute atomic E-state index is 0.105. The zero-order chi connectivity index (χ0) is 26.6. The van der Waals surface area contributed by atoms with E-state index in [1.165, 1.54) is 36.3 Å². The Labute approximate surface area is 223 Å². The summed E-state index contributed by atoms with van der Waals surface area (Å²) in [4.78, 5) is 32.6. The van der Waals surface area contributed by atoms with Gasteiger partial charge in [0.1, 0.15) is 11.6 Å². The summed E-state index contributed by atoms with van der Waals surface area (Å²) in [7, 11) is 1.38. The number of carbonyl (C=O) groups is 2. The van der Waals surface area contributed by atoms with Gasteiger partial charge in [0.05, 0.1) is 33.4 Å². The predicted molar refractivity (Wildman–Crippen MR) is 143 cm³/mol. The van der Waals surface area contributed by atoms with Crippen molar-refractivity contribution in [1.29, 1.82) is 0 Å². The van der Waals surface area contributed by atoms with Gasteiger partial charge in [-0.15, -0.1) is 0 Å². The number of amides is 1. The number of aryl methyl sites for hydroxylation is 2. The molecule has 5 rings (SSSR count). The molecule has 0 saturated carbocycles. The van der Waals surface area contributed by atoms with Gasteiger partial charge >= 0.3 is 5.91 Å². The van der Waals surface area contributed by atoms with Gasteiger partial charge in [-0.05, 0) is 77.3 Å². The number of fused-ring (bicyclic) bond motifs is 1. The van der Waals surface area contributed by atoms with Crippen LogP contribution in [0.3, 0.4) is 0 Å². The van der Waals surface area contributed by atoms with Gasteiger partial charge in [-0.25, -0.2) is 9.37 Å². The average Bonchev–Trinajstić information content (AvgIpc) is 3.39. The molecule has 0 bridgehead atoms. The number of halogens is 2. The number of benzene rings is 3. The molecule has 1 amide bonds. The number of hydrogen-bond donors (Lipinski definition) is 2. The van der Waals surface area contributed by atoms with E-state index < -0.39 is 23.5 Å². The lowest BCUT2D eigenvalue weighted by Crippen LogP contribution is -2.29. The molecule has 10 heteroatoms. The number of methoxy groups -OCH3 is 1. The number of ketones is 1. The average molecular weight is 583 g/mol. The molecule has 1 atom stereocenters.